The predicted octanol–water partition coefficient (Wildman–Crippen LogP) is 2.67. The van der Waals surface area contributed by atoms with E-state index in [9.17, 15) is 14.9 Å². The number of hydrogen-bond donors (Lipinski definition) is 0. The number of rotatable bonds is 2. The fourth-order valence-electron chi connectivity index (χ4n) is 3.22. The van der Waals surface area contributed by atoms with Crippen LogP contribution in [0.4, 0.5) is 4.79 Å². The molecular weight excluding hydrogens is 260 g/mol. The van der Waals surface area contributed by atoms with Crippen molar-refractivity contribution in [2.45, 2.75) is 39.2 Å². The van der Waals surface area contributed by atoms with Crippen LogP contribution >= 0.6 is 0 Å². The maximum atomic E-state index is 12.1. The Morgan fingerprint density at radius 3 is 2.30 bits per heavy atom. The summed E-state index contributed by atoms with van der Waals surface area (Å²) in [4.78, 5) is 23.9. The number of ether oxygens (including phenoxy) is 1. The van der Waals surface area contributed by atoms with Crippen molar-refractivity contribution in [3.05, 3.63) is 22.4 Å². The minimum absolute atomic E-state index is 0.221. The number of amides is 1. The normalized spacial score (nSPS) is 29.8. The molecule has 0 N–H and O–H groups in total. The molecular formula is C14H22N2O4. The van der Waals surface area contributed by atoms with Crippen LogP contribution in [0.25, 0.3) is 0 Å². The molecule has 2 bridgehead atoms. The third kappa shape index (κ3) is 3.49. The molecule has 6 heteroatoms. The van der Waals surface area contributed by atoms with E-state index in [0.29, 0.717) is 24.9 Å². The highest BCUT2D eigenvalue weighted by molar-refractivity contribution is 5.68. The molecule has 0 aromatic rings. The van der Waals surface area contributed by atoms with Crippen LogP contribution in [0.5, 0.6) is 0 Å². The van der Waals surface area contributed by atoms with Crippen LogP contribution < -0.4 is 0 Å². The predicted molar refractivity (Wildman–Crippen MR) is 73.6 cm³/mol. The lowest BCUT2D eigenvalue weighted by atomic mass is 9.85. The molecule has 2 rings (SSSR count). The van der Waals surface area contributed by atoms with Gasteiger partial charge in [0.2, 0.25) is 6.20 Å². The topological polar surface area (TPSA) is 72.7 Å². The van der Waals surface area contributed by atoms with Crippen molar-refractivity contribution in [1.82, 2.24) is 4.90 Å². The number of carbonyl (C=O) groups is 1. The van der Waals surface area contributed by atoms with Crippen LogP contribution in [-0.4, -0.2) is 34.6 Å². The van der Waals surface area contributed by atoms with E-state index >= 15 is 0 Å². The van der Waals surface area contributed by atoms with E-state index in [4.69, 9.17) is 4.74 Å². The van der Waals surface area contributed by atoms with Gasteiger partial charge in [0.1, 0.15) is 5.60 Å². The molecule has 0 spiro atoms. The van der Waals surface area contributed by atoms with Gasteiger partial charge in [-0.2, -0.15) is 0 Å². The lowest BCUT2D eigenvalue weighted by Crippen LogP contribution is -2.46. The summed E-state index contributed by atoms with van der Waals surface area (Å²) in [5, 5.41) is 10.4. The van der Waals surface area contributed by atoms with Crippen molar-refractivity contribution in [3.63, 3.8) is 0 Å². The van der Waals surface area contributed by atoms with Crippen LogP contribution in [-0.2, 0) is 4.74 Å². The van der Waals surface area contributed by atoms with Gasteiger partial charge in [-0.1, -0.05) is 0 Å². The largest absolute Gasteiger partial charge is 0.444 e. The van der Waals surface area contributed by atoms with E-state index in [0.717, 1.165) is 19.0 Å². The van der Waals surface area contributed by atoms with Crippen molar-refractivity contribution >= 4 is 6.09 Å². The Balaban J connectivity index is 1.98. The van der Waals surface area contributed by atoms with E-state index in [-0.39, 0.29) is 12.0 Å². The first-order valence-electron chi connectivity index (χ1n) is 7.06. The van der Waals surface area contributed by atoms with Crippen LogP contribution in [0.3, 0.4) is 0 Å². The lowest BCUT2D eigenvalue weighted by molar-refractivity contribution is -0.403. The van der Waals surface area contributed by atoms with Crippen molar-refractivity contribution in [2.75, 3.05) is 13.1 Å². The molecule has 1 heterocycles. The summed E-state index contributed by atoms with van der Waals surface area (Å²) in [5.41, 5.74) is -0.488. The van der Waals surface area contributed by atoms with Crippen molar-refractivity contribution in [1.29, 1.82) is 0 Å². The summed E-state index contributed by atoms with van der Waals surface area (Å²) < 4.78 is 5.40. The highest BCUT2D eigenvalue weighted by Gasteiger charge is 2.43. The van der Waals surface area contributed by atoms with Crippen molar-refractivity contribution in [2.24, 2.45) is 17.8 Å². The number of likely N-dealkylation sites (tertiary alicyclic amines) is 1. The molecule has 2 fully saturated rings. The van der Waals surface area contributed by atoms with E-state index in [1.54, 1.807) is 11.0 Å². The number of nitrogens with zero attached hydrogens (tertiary/aromatic N) is 2. The molecule has 112 valence electrons. The monoisotopic (exact) mass is 282 g/mol. The molecule has 0 aromatic carbocycles. The zero-order valence-electron chi connectivity index (χ0n) is 12.2. The molecule has 6 nitrogen and oxygen atoms in total. The van der Waals surface area contributed by atoms with Gasteiger partial charge < -0.3 is 9.64 Å². The van der Waals surface area contributed by atoms with Crippen LogP contribution in [0.2, 0.25) is 0 Å². The number of piperidine rings is 1. The van der Waals surface area contributed by atoms with Crippen molar-refractivity contribution < 1.29 is 14.5 Å². The average Bonchev–Trinajstić information content (AvgIpc) is 2.54. The van der Waals surface area contributed by atoms with Gasteiger partial charge in [0.05, 0.1) is 4.92 Å². The van der Waals surface area contributed by atoms with Crippen LogP contribution in [0.15, 0.2) is 12.3 Å². The molecule has 1 unspecified atom stereocenters. The Bertz CT molecular complexity index is 413. The molecule has 0 radical (unpaired) electrons. The van der Waals surface area contributed by atoms with E-state index in [1.165, 1.54) is 0 Å². The number of carbonyl (C=O) groups excluding carboxylic acids is 1. The lowest BCUT2D eigenvalue weighted by Gasteiger charge is -2.37. The second kappa shape index (κ2) is 5.42. The van der Waals surface area contributed by atoms with Gasteiger partial charge in [0.25, 0.3) is 0 Å². The first-order chi connectivity index (χ1) is 9.26. The summed E-state index contributed by atoms with van der Waals surface area (Å²) in [7, 11) is 0. The molecule has 1 saturated heterocycles. The van der Waals surface area contributed by atoms with E-state index < -0.39 is 10.5 Å². The quantitative estimate of drug-likeness (QED) is 0.576. The number of nitro groups is 1. The number of allylic oxidation sites excluding steroid dienone is 1. The Morgan fingerprint density at radius 2 is 1.85 bits per heavy atom. The smallest absolute Gasteiger partial charge is 0.410 e. The molecule has 1 saturated carbocycles. The fourth-order valence-corrected chi connectivity index (χ4v) is 3.22. The average molecular weight is 282 g/mol. The maximum absolute atomic E-state index is 12.1. The molecule has 2 aliphatic rings. The van der Waals surface area contributed by atoms with Gasteiger partial charge in [0, 0.05) is 13.1 Å². The Labute approximate surface area is 118 Å². The third-order valence-corrected chi connectivity index (χ3v) is 3.99. The molecule has 1 amide bonds. The van der Waals surface area contributed by atoms with E-state index in [2.05, 4.69) is 0 Å². The standard InChI is InChI=1S/C14H22N2O4/c1-14(2,3)20-13(17)15-8-10-4-5-11(9-15)12(10)6-7-16(18)19/h6-7,10-12H,4-5,8-9H2,1-3H3/b7-6+/t10-,11?,12-/m1/s1. The number of fused-ring (bicyclic) bond motifs is 2. The van der Waals surface area contributed by atoms with Gasteiger partial charge >= 0.3 is 6.09 Å². The minimum Gasteiger partial charge on any atom is -0.444 e. The van der Waals surface area contributed by atoms with Gasteiger partial charge in [-0.15, -0.1) is 0 Å². The highest BCUT2D eigenvalue weighted by Crippen LogP contribution is 2.42. The summed E-state index contributed by atoms with van der Waals surface area (Å²) >= 11 is 0. The molecule has 0 aromatic heterocycles. The summed E-state index contributed by atoms with van der Waals surface area (Å²) in [6, 6.07) is 0. The second-order valence-corrected chi connectivity index (χ2v) is 6.69. The van der Waals surface area contributed by atoms with Gasteiger partial charge in [0.15, 0.2) is 0 Å². The van der Waals surface area contributed by atoms with Gasteiger partial charge in [-0.3, -0.25) is 10.1 Å². The summed E-state index contributed by atoms with van der Waals surface area (Å²) in [6.07, 6.45) is 4.52. The Hall–Kier alpha value is -1.59. The number of hydrogen-bond acceptors (Lipinski definition) is 4. The highest BCUT2D eigenvalue weighted by atomic mass is 16.6. The SMILES string of the molecule is CC(C)(C)OC(=O)N1CC2CC[C@H](C1)[C@H]2/C=C/[N+](=O)[O-]. The zero-order valence-corrected chi connectivity index (χ0v) is 12.2. The Morgan fingerprint density at radius 1 is 1.30 bits per heavy atom. The molecule has 1 aliphatic carbocycles. The van der Waals surface area contributed by atoms with Gasteiger partial charge in [-0.05, 0) is 57.4 Å². The molecule has 1 aliphatic heterocycles. The molecule has 20 heavy (non-hydrogen) atoms. The first-order valence-corrected chi connectivity index (χ1v) is 7.06. The van der Waals surface area contributed by atoms with Crippen LogP contribution in [0, 0.1) is 27.9 Å². The zero-order chi connectivity index (χ0) is 14.9. The van der Waals surface area contributed by atoms with E-state index in [1.807, 2.05) is 20.8 Å². The fraction of sp³-hybridized carbons (Fsp3) is 0.786. The Kier molecular flexibility index (Phi) is 4.01. The summed E-state index contributed by atoms with van der Waals surface area (Å²) in [5.74, 6) is 0.856. The summed E-state index contributed by atoms with van der Waals surface area (Å²) in [6.45, 7) is 6.83. The van der Waals surface area contributed by atoms with Gasteiger partial charge in [-0.25, -0.2) is 4.79 Å². The van der Waals surface area contributed by atoms with Crippen LogP contribution in [0.1, 0.15) is 33.6 Å². The first kappa shape index (κ1) is 14.8. The maximum Gasteiger partial charge on any atom is 0.410 e. The minimum atomic E-state index is -0.488. The molecule has 3 atom stereocenters. The third-order valence-electron chi connectivity index (χ3n) is 3.99. The van der Waals surface area contributed by atoms with Crippen molar-refractivity contribution in [3.8, 4) is 0 Å². The second-order valence-electron chi connectivity index (χ2n) is 6.69.